The van der Waals surface area contributed by atoms with Crippen molar-refractivity contribution in [2.75, 3.05) is 6.54 Å². The van der Waals surface area contributed by atoms with Crippen molar-refractivity contribution in [3.63, 3.8) is 0 Å². The summed E-state index contributed by atoms with van der Waals surface area (Å²) in [7, 11) is 0. The first-order valence-corrected chi connectivity index (χ1v) is 9.04. The molecule has 0 radical (unpaired) electrons. The molecule has 0 aliphatic carbocycles. The molecule has 0 bridgehead atoms. The summed E-state index contributed by atoms with van der Waals surface area (Å²) in [5.41, 5.74) is 1.26. The summed E-state index contributed by atoms with van der Waals surface area (Å²) in [4.78, 5) is 17.9. The normalized spacial score (nSPS) is 13.5. The predicted octanol–water partition coefficient (Wildman–Crippen LogP) is 3.89. The van der Waals surface area contributed by atoms with Gasteiger partial charge in [-0.3, -0.25) is 4.79 Å². The van der Waals surface area contributed by atoms with Crippen molar-refractivity contribution in [1.29, 1.82) is 0 Å². The van der Waals surface area contributed by atoms with Gasteiger partial charge in [0.1, 0.15) is 0 Å². The second-order valence-electron chi connectivity index (χ2n) is 6.50. The molecular weight excluding hydrogens is 336 g/mol. The summed E-state index contributed by atoms with van der Waals surface area (Å²) >= 11 is 6.85. The van der Waals surface area contributed by atoms with E-state index in [4.69, 9.17) is 12.6 Å². The summed E-state index contributed by atoms with van der Waals surface area (Å²) in [6.45, 7) is 10.5. The van der Waals surface area contributed by atoms with Crippen LogP contribution in [0.25, 0.3) is 0 Å². The van der Waals surface area contributed by atoms with Crippen LogP contribution < -0.4 is 4.57 Å². The van der Waals surface area contributed by atoms with Crippen molar-refractivity contribution in [3.8, 4) is 0 Å². The third-order valence-electron chi connectivity index (χ3n) is 3.64. The minimum Gasteiger partial charge on any atom is -0.758 e. The quantitative estimate of drug-likeness (QED) is 0.196. The molecule has 3 nitrogen and oxygen atoms in total. The number of ketones is 1. The molecule has 2 heterocycles. The number of pyridine rings is 1. The van der Waals surface area contributed by atoms with Gasteiger partial charge in [-0.15, -0.1) is 17.9 Å². The van der Waals surface area contributed by atoms with Crippen LogP contribution in [0.1, 0.15) is 42.0 Å². The van der Waals surface area contributed by atoms with Gasteiger partial charge in [0, 0.05) is 12.1 Å². The maximum Gasteiger partial charge on any atom is 0.244 e. The second kappa shape index (κ2) is 7.81. The Balaban J connectivity index is 2.42. The summed E-state index contributed by atoms with van der Waals surface area (Å²) in [6.07, 6.45) is 5.49. The van der Waals surface area contributed by atoms with Gasteiger partial charge in [0.2, 0.25) is 11.8 Å². The van der Waals surface area contributed by atoms with Gasteiger partial charge in [0.05, 0.1) is 11.4 Å². The van der Waals surface area contributed by atoms with E-state index in [1.54, 1.807) is 6.08 Å². The van der Waals surface area contributed by atoms with Crippen molar-refractivity contribution in [3.05, 3.63) is 65.1 Å². The topological polar surface area (TPSA) is 33.3 Å². The number of Topliss-reactive ketones (excluding diaryl/α,β-unsaturated/α-hetero) is 1. The van der Waals surface area contributed by atoms with Crippen LogP contribution in [0.3, 0.4) is 0 Å². The molecule has 0 fully saturated rings. The lowest BCUT2D eigenvalue weighted by Crippen LogP contribution is -2.47. The number of rotatable bonds is 6. The third kappa shape index (κ3) is 4.36. The molecule has 0 N–H and O–H groups in total. The number of thiophene rings is 1. The highest BCUT2D eigenvalue weighted by atomic mass is 32.1. The maximum absolute atomic E-state index is 12.9. The Kier molecular flexibility index (Phi) is 6.02. The number of aliphatic imine (C=N–C) groups is 1. The fourth-order valence-electron chi connectivity index (χ4n) is 2.28. The highest BCUT2D eigenvalue weighted by molar-refractivity contribution is 7.77. The van der Waals surface area contributed by atoms with E-state index < -0.39 is 6.04 Å². The Morgan fingerprint density at radius 1 is 1.38 bits per heavy atom. The van der Waals surface area contributed by atoms with E-state index in [-0.39, 0.29) is 11.2 Å². The number of aromatic nitrogens is 1. The molecule has 0 aliphatic rings. The molecule has 126 valence electrons. The Morgan fingerprint density at radius 3 is 2.54 bits per heavy atom. The molecule has 0 saturated carbocycles. The van der Waals surface area contributed by atoms with Crippen LogP contribution in [-0.2, 0) is 18.0 Å². The van der Waals surface area contributed by atoms with Crippen molar-refractivity contribution in [2.24, 2.45) is 4.99 Å². The lowest BCUT2D eigenvalue weighted by atomic mass is 9.88. The van der Waals surface area contributed by atoms with Gasteiger partial charge >= 0.3 is 0 Å². The molecule has 0 amide bonds. The number of carbonyl (C=O) groups excluding carboxylic acids is 1. The standard InChI is InChI=1S/C19H22N2OS2/c1-5-10-20-18(23)16(17(22)15-7-6-13-24-15)21-11-8-14(9-12-21)19(2,3)4/h5-9,11-13,16H,1,10H2,2-4H3/t16-/m1/s1. The van der Waals surface area contributed by atoms with E-state index >= 15 is 0 Å². The van der Waals surface area contributed by atoms with Crippen molar-refractivity contribution in [2.45, 2.75) is 32.2 Å². The molecule has 0 saturated heterocycles. The lowest BCUT2D eigenvalue weighted by molar-refractivity contribution is -0.692. The summed E-state index contributed by atoms with van der Waals surface area (Å²) < 4.78 is 1.84. The van der Waals surface area contributed by atoms with Crippen molar-refractivity contribution in [1.82, 2.24) is 0 Å². The highest BCUT2D eigenvalue weighted by Crippen LogP contribution is 2.21. The van der Waals surface area contributed by atoms with Gasteiger partial charge in [0.15, 0.2) is 12.4 Å². The Bertz CT molecular complexity index is 726. The Labute approximate surface area is 153 Å². The summed E-state index contributed by atoms with van der Waals surface area (Å²) in [5, 5.41) is 2.27. The fraction of sp³-hybridized carbons (Fsp3) is 0.316. The van der Waals surface area contributed by atoms with Crippen LogP contribution in [0.15, 0.2) is 59.7 Å². The molecule has 2 rings (SSSR count). The minimum atomic E-state index is -0.604. The van der Waals surface area contributed by atoms with Gasteiger partial charge < -0.3 is 17.6 Å². The first kappa shape index (κ1) is 18.5. The molecule has 2 aromatic rings. The van der Waals surface area contributed by atoms with Crippen molar-refractivity contribution >= 4 is 34.8 Å². The molecule has 2 aromatic heterocycles. The van der Waals surface area contributed by atoms with Crippen LogP contribution in [0.4, 0.5) is 0 Å². The fourth-order valence-corrected chi connectivity index (χ4v) is 3.27. The number of hydrogen-bond acceptors (Lipinski definition) is 4. The number of carbonyl (C=O) groups is 1. The molecule has 0 aliphatic heterocycles. The van der Waals surface area contributed by atoms with E-state index in [9.17, 15) is 4.79 Å². The predicted molar refractivity (Wildman–Crippen MR) is 103 cm³/mol. The molecule has 0 unspecified atom stereocenters. The van der Waals surface area contributed by atoms with Gasteiger partial charge in [-0.25, -0.2) is 0 Å². The van der Waals surface area contributed by atoms with Crippen LogP contribution in [0, 0.1) is 0 Å². The van der Waals surface area contributed by atoms with Crippen LogP contribution in [-0.4, -0.2) is 17.4 Å². The summed E-state index contributed by atoms with van der Waals surface area (Å²) in [5.74, 6) is -0.0312. The zero-order chi connectivity index (χ0) is 17.7. The van der Waals surface area contributed by atoms with E-state index in [2.05, 4.69) is 32.3 Å². The highest BCUT2D eigenvalue weighted by Gasteiger charge is 2.29. The largest absolute Gasteiger partial charge is 0.758 e. The molecule has 0 spiro atoms. The first-order chi connectivity index (χ1) is 11.3. The van der Waals surface area contributed by atoms with E-state index in [0.717, 1.165) is 0 Å². The average molecular weight is 359 g/mol. The molecule has 5 heteroatoms. The summed E-state index contributed by atoms with van der Waals surface area (Å²) in [6, 6.07) is 7.15. The van der Waals surface area contributed by atoms with Crippen LogP contribution in [0.2, 0.25) is 0 Å². The van der Waals surface area contributed by atoms with E-state index in [1.165, 1.54) is 16.9 Å². The zero-order valence-electron chi connectivity index (χ0n) is 14.2. The SMILES string of the molecule is C=CCN=C([S-])[C@@H](C(=O)c1cccs1)[n+]1ccc(C(C)(C)C)cc1. The average Bonchev–Trinajstić information content (AvgIpc) is 3.07. The van der Waals surface area contributed by atoms with Gasteiger partial charge in [-0.1, -0.05) is 32.9 Å². The lowest BCUT2D eigenvalue weighted by Gasteiger charge is -2.20. The van der Waals surface area contributed by atoms with Crippen LogP contribution >= 0.6 is 11.3 Å². The molecule has 0 aromatic carbocycles. The minimum absolute atomic E-state index is 0.0312. The number of nitrogens with zero attached hydrogens (tertiary/aromatic N) is 2. The van der Waals surface area contributed by atoms with Gasteiger partial charge in [0.25, 0.3) is 0 Å². The maximum atomic E-state index is 12.9. The first-order valence-electron chi connectivity index (χ1n) is 7.76. The smallest absolute Gasteiger partial charge is 0.244 e. The monoisotopic (exact) mass is 358 g/mol. The van der Waals surface area contributed by atoms with E-state index in [0.29, 0.717) is 16.5 Å². The number of hydrogen-bond donors (Lipinski definition) is 0. The molecule has 24 heavy (non-hydrogen) atoms. The Morgan fingerprint density at radius 2 is 2.04 bits per heavy atom. The third-order valence-corrected chi connectivity index (χ3v) is 4.88. The molecule has 1 atom stereocenters. The van der Waals surface area contributed by atoms with Crippen molar-refractivity contribution < 1.29 is 9.36 Å². The van der Waals surface area contributed by atoms with Crippen LogP contribution in [0.5, 0.6) is 0 Å². The Hall–Kier alpha value is -1.85. The van der Waals surface area contributed by atoms with E-state index in [1.807, 2.05) is 46.6 Å². The van der Waals surface area contributed by atoms with Gasteiger partial charge in [-0.05, 0) is 27.5 Å². The van der Waals surface area contributed by atoms with Gasteiger partial charge in [-0.2, -0.15) is 4.57 Å². The molecular formula is C19H22N2OS2. The zero-order valence-corrected chi connectivity index (χ0v) is 15.9. The second-order valence-corrected chi connectivity index (χ2v) is 7.86.